The Balaban J connectivity index is 2.16. The summed E-state index contributed by atoms with van der Waals surface area (Å²) in [6.07, 6.45) is 2.30. The number of hydrogen-bond donors (Lipinski definition) is 2. The van der Waals surface area contributed by atoms with Crippen LogP contribution in [0.15, 0.2) is 54.6 Å². The van der Waals surface area contributed by atoms with Crippen molar-refractivity contribution in [3.8, 4) is 5.75 Å². The summed E-state index contributed by atoms with van der Waals surface area (Å²) in [6.45, 7) is 15.8. The molecule has 0 bridgehead atoms. The fraction of sp³-hybridized carbons (Fsp3) is 0.562. The van der Waals surface area contributed by atoms with Gasteiger partial charge in [0.25, 0.3) is 0 Å². The number of carbonyl (C=O) groups excluding carboxylic acids is 2. The van der Waals surface area contributed by atoms with E-state index in [4.69, 9.17) is 4.74 Å². The molecule has 2 amide bonds. The summed E-state index contributed by atoms with van der Waals surface area (Å²) >= 11 is 0. The third-order valence-electron chi connectivity index (χ3n) is 6.73. The maximum absolute atomic E-state index is 13.6. The van der Waals surface area contributed by atoms with Gasteiger partial charge in [-0.1, -0.05) is 76.6 Å². The van der Waals surface area contributed by atoms with Crippen LogP contribution in [-0.4, -0.2) is 47.9 Å². The van der Waals surface area contributed by atoms with Gasteiger partial charge in [-0.05, 0) is 75.9 Å². The minimum Gasteiger partial charge on any atom is -0.489 e. The molecule has 6 nitrogen and oxygen atoms in total. The van der Waals surface area contributed by atoms with E-state index in [9.17, 15) is 9.59 Å². The zero-order valence-electron chi connectivity index (χ0n) is 24.7. The second-order valence-electron chi connectivity index (χ2n) is 11.9. The fourth-order valence-electron chi connectivity index (χ4n) is 4.34. The van der Waals surface area contributed by atoms with Gasteiger partial charge in [0.15, 0.2) is 0 Å². The summed E-state index contributed by atoms with van der Waals surface area (Å²) in [7, 11) is 2.01. The number of benzene rings is 2. The topological polar surface area (TPSA) is 70.7 Å². The molecule has 0 saturated carbocycles. The summed E-state index contributed by atoms with van der Waals surface area (Å²) in [4.78, 5) is 29.1. The van der Waals surface area contributed by atoms with Crippen molar-refractivity contribution in [3.05, 3.63) is 65.7 Å². The molecule has 1 unspecified atom stereocenters. The molecule has 2 rings (SSSR count). The van der Waals surface area contributed by atoms with E-state index in [0.717, 1.165) is 36.3 Å². The molecule has 2 aromatic carbocycles. The van der Waals surface area contributed by atoms with E-state index in [0.29, 0.717) is 18.9 Å². The maximum Gasteiger partial charge on any atom is 0.243 e. The van der Waals surface area contributed by atoms with Crippen LogP contribution in [0.4, 0.5) is 0 Å². The first-order valence-electron chi connectivity index (χ1n) is 14.0. The summed E-state index contributed by atoms with van der Waals surface area (Å²) < 4.78 is 5.91. The van der Waals surface area contributed by atoms with Crippen molar-refractivity contribution in [2.45, 2.75) is 92.0 Å². The second-order valence-corrected chi connectivity index (χ2v) is 11.9. The van der Waals surface area contributed by atoms with E-state index in [1.54, 1.807) is 0 Å². The number of ether oxygens (including phenoxy) is 1. The first kappa shape index (κ1) is 31.4. The summed E-state index contributed by atoms with van der Waals surface area (Å²) in [6, 6.07) is 16.8. The zero-order valence-corrected chi connectivity index (χ0v) is 24.7. The Morgan fingerprint density at radius 3 is 2.11 bits per heavy atom. The molecule has 0 fully saturated rings. The van der Waals surface area contributed by atoms with Crippen molar-refractivity contribution in [1.29, 1.82) is 0 Å². The van der Waals surface area contributed by atoms with Crippen molar-refractivity contribution in [3.63, 3.8) is 0 Å². The lowest BCUT2D eigenvalue weighted by Gasteiger charge is -2.33. The summed E-state index contributed by atoms with van der Waals surface area (Å²) in [5.41, 5.74) is 1.66. The first-order valence-corrected chi connectivity index (χ1v) is 14.0. The molecule has 2 N–H and O–H groups in total. The Kier molecular flexibility index (Phi) is 12.3. The van der Waals surface area contributed by atoms with E-state index in [1.807, 2.05) is 82.4 Å². The Morgan fingerprint density at radius 1 is 0.921 bits per heavy atom. The standard InChI is InChI=1S/C32H49N3O3/c1-9-24(4)29(35(8)20-19-23(2)3)31(37)33-28(30(36)34-32(5,6)7)21-25-15-17-27(18-16-25)38-22-26-13-11-10-12-14-26/h10-18,23-24,28-29H,9,19-22H2,1-8H3,(H,33,37)(H,34,36)/t24?,28-,29+/m0/s1. The number of nitrogens with zero attached hydrogens (tertiary/aromatic N) is 1. The van der Waals surface area contributed by atoms with Gasteiger partial charge in [-0.25, -0.2) is 0 Å². The highest BCUT2D eigenvalue weighted by atomic mass is 16.5. The van der Waals surface area contributed by atoms with Gasteiger partial charge in [-0.2, -0.15) is 0 Å². The van der Waals surface area contributed by atoms with Gasteiger partial charge < -0.3 is 15.4 Å². The Bertz CT molecular complexity index is 983. The number of likely N-dealkylation sites (N-methyl/N-ethyl adjacent to an activating group) is 1. The fourth-order valence-corrected chi connectivity index (χ4v) is 4.34. The molecule has 38 heavy (non-hydrogen) atoms. The quantitative estimate of drug-likeness (QED) is 0.338. The predicted octanol–water partition coefficient (Wildman–Crippen LogP) is 5.60. The minimum absolute atomic E-state index is 0.0949. The van der Waals surface area contributed by atoms with Crippen molar-refractivity contribution < 1.29 is 14.3 Å². The maximum atomic E-state index is 13.6. The van der Waals surface area contributed by atoms with Crippen LogP contribution in [-0.2, 0) is 22.6 Å². The molecule has 0 aliphatic rings. The first-order chi connectivity index (χ1) is 17.9. The largest absolute Gasteiger partial charge is 0.489 e. The van der Waals surface area contributed by atoms with Gasteiger partial charge in [-0.15, -0.1) is 0 Å². The molecule has 2 aromatic rings. The van der Waals surface area contributed by atoms with Crippen molar-refractivity contribution in [2.75, 3.05) is 13.6 Å². The number of hydrogen-bond acceptors (Lipinski definition) is 4. The summed E-state index contributed by atoms with van der Waals surface area (Å²) in [5, 5.41) is 6.16. The van der Waals surface area contributed by atoms with Crippen LogP contribution in [0.25, 0.3) is 0 Å². The molecule has 0 spiro atoms. The van der Waals surface area contributed by atoms with Gasteiger partial charge >= 0.3 is 0 Å². The molecule has 0 radical (unpaired) electrons. The Labute approximate surface area is 230 Å². The molecule has 0 saturated heterocycles. The van der Waals surface area contributed by atoms with Gasteiger partial charge in [0.1, 0.15) is 18.4 Å². The molecular formula is C32H49N3O3. The minimum atomic E-state index is -0.678. The van der Waals surface area contributed by atoms with Crippen molar-refractivity contribution in [2.24, 2.45) is 11.8 Å². The highest BCUT2D eigenvalue weighted by molar-refractivity contribution is 5.90. The molecule has 0 aromatic heterocycles. The van der Waals surface area contributed by atoms with Crippen LogP contribution in [0, 0.1) is 11.8 Å². The van der Waals surface area contributed by atoms with Crippen molar-refractivity contribution >= 4 is 11.8 Å². The number of carbonyl (C=O) groups is 2. The molecule has 0 aliphatic carbocycles. The summed E-state index contributed by atoms with van der Waals surface area (Å²) in [5.74, 6) is 1.22. The number of nitrogens with one attached hydrogen (secondary N) is 2. The van der Waals surface area contributed by atoms with E-state index < -0.39 is 11.6 Å². The average molecular weight is 524 g/mol. The monoisotopic (exact) mass is 523 g/mol. The van der Waals surface area contributed by atoms with Crippen LogP contribution in [0.5, 0.6) is 5.75 Å². The van der Waals surface area contributed by atoms with E-state index in [1.165, 1.54) is 0 Å². The molecule has 0 aliphatic heterocycles. The number of amides is 2. The molecule has 0 heterocycles. The Morgan fingerprint density at radius 2 is 1.55 bits per heavy atom. The zero-order chi connectivity index (χ0) is 28.3. The van der Waals surface area contributed by atoms with E-state index in [-0.39, 0.29) is 23.8 Å². The van der Waals surface area contributed by atoms with Crippen LogP contribution < -0.4 is 15.4 Å². The van der Waals surface area contributed by atoms with Crippen LogP contribution in [0.1, 0.15) is 72.4 Å². The van der Waals surface area contributed by atoms with Gasteiger partial charge in [0.05, 0.1) is 6.04 Å². The lowest BCUT2D eigenvalue weighted by Crippen LogP contribution is -2.57. The molecule has 6 heteroatoms. The molecular weight excluding hydrogens is 474 g/mol. The smallest absolute Gasteiger partial charge is 0.243 e. The SMILES string of the molecule is CCC(C)[C@H](C(=O)N[C@@H](Cc1ccc(OCc2ccccc2)cc1)C(=O)NC(C)(C)C)N(C)CCC(C)C. The lowest BCUT2D eigenvalue weighted by molar-refractivity contribution is -0.133. The van der Waals surface area contributed by atoms with Crippen LogP contribution in [0.2, 0.25) is 0 Å². The van der Waals surface area contributed by atoms with Gasteiger partial charge in [0, 0.05) is 12.0 Å². The Hall–Kier alpha value is -2.86. The predicted molar refractivity (Wildman–Crippen MR) is 156 cm³/mol. The van der Waals surface area contributed by atoms with E-state index >= 15 is 0 Å². The third kappa shape index (κ3) is 10.9. The van der Waals surface area contributed by atoms with Crippen molar-refractivity contribution in [1.82, 2.24) is 15.5 Å². The highest BCUT2D eigenvalue weighted by Crippen LogP contribution is 2.18. The van der Waals surface area contributed by atoms with Crippen LogP contribution >= 0.6 is 0 Å². The van der Waals surface area contributed by atoms with Gasteiger partial charge in [0.2, 0.25) is 11.8 Å². The molecule has 3 atom stereocenters. The average Bonchev–Trinajstić information content (AvgIpc) is 2.86. The normalized spacial score (nSPS) is 14.2. The third-order valence-corrected chi connectivity index (χ3v) is 6.73. The molecule has 210 valence electrons. The van der Waals surface area contributed by atoms with E-state index in [2.05, 4.69) is 43.2 Å². The van der Waals surface area contributed by atoms with Crippen LogP contribution in [0.3, 0.4) is 0 Å². The lowest BCUT2D eigenvalue weighted by atomic mass is 9.95. The number of rotatable bonds is 14. The van der Waals surface area contributed by atoms with Gasteiger partial charge in [-0.3, -0.25) is 14.5 Å². The highest BCUT2D eigenvalue weighted by Gasteiger charge is 2.32. The second kappa shape index (κ2) is 14.9.